The Morgan fingerprint density at radius 3 is 2.20 bits per heavy atom. The Bertz CT molecular complexity index is 391. The fourth-order valence-electron chi connectivity index (χ4n) is 2.70. The fourth-order valence-corrected chi connectivity index (χ4v) is 2.70. The Morgan fingerprint density at radius 2 is 1.70 bits per heavy atom. The number of carbonyl (C=O) groups is 1. The van der Waals surface area contributed by atoms with Crippen LogP contribution in [-0.2, 0) is 11.2 Å². The first-order valence-electron chi connectivity index (χ1n) is 7.89. The van der Waals surface area contributed by atoms with E-state index in [-0.39, 0.29) is 5.91 Å². The summed E-state index contributed by atoms with van der Waals surface area (Å²) in [7, 11) is 0. The van der Waals surface area contributed by atoms with Gasteiger partial charge in [0.1, 0.15) is 0 Å². The van der Waals surface area contributed by atoms with E-state index in [9.17, 15) is 4.79 Å². The molecule has 1 amide bonds. The number of carbonyl (C=O) groups excluding carboxylic acids is 1. The van der Waals surface area contributed by atoms with Crippen molar-refractivity contribution in [3.05, 3.63) is 35.9 Å². The summed E-state index contributed by atoms with van der Waals surface area (Å²) in [6.45, 7) is 9.90. The van der Waals surface area contributed by atoms with Crippen molar-refractivity contribution < 1.29 is 4.79 Å². The predicted octanol–water partition coefficient (Wildman–Crippen LogP) is 4.29. The molecule has 20 heavy (non-hydrogen) atoms. The molecule has 0 aliphatic carbocycles. The van der Waals surface area contributed by atoms with E-state index in [1.807, 2.05) is 18.7 Å². The molecule has 1 aromatic rings. The van der Waals surface area contributed by atoms with Gasteiger partial charge in [0.2, 0.25) is 5.91 Å². The highest BCUT2D eigenvalue weighted by atomic mass is 16.2. The Balaban J connectivity index is 0.000000956. The first-order chi connectivity index (χ1) is 9.59. The van der Waals surface area contributed by atoms with E-state index in [0.717, 1.165) is 32.4 Å². The van der Waals surface area contributed by atoms with Crippen LogP contribution in [0.3, 0.4) is 0 Å². The van der Waals surface area contributed by atoms with Gasteiger partial charge in [0, 0.05) is 20.0 Å². The highest BCUT2D eigenvalue weighted by molar-refractivity contribution is 5.73. The van der Waals surface area contributed by atoms with E-state index in [0.29, 0.717) is 5.41 Å². The van der Waals surface area contributed by atoms with Crippen LogP contribution in [0, 0.1) is 5.41 Å². The summed E-state index contributed by atoms with van der Waals surface area (Å²) in [5, 5.41) is 0. The van der Waals surface area contributed by atoms with E-state index in [2.05, 4.69) is 37.3 Å². The van der Waals surface area contributed by atoms with Crippen LogP contribution >= 0.6 is 0 Å². The minimum absolute atomic E-state index is 0.222. The Kier molecular flexibility index (Phi) is 6.77. The van der Waals surface area contributed by atoms with Crippen LogP contribution in [0.25, 0.3) is 0 Å². The number of benzene rings is 1. The normalized spacial score (nSPS) is 17.1. The molecule has 2 heteroatoms. The van der Waals surface area contributed by atoms with E-state index in [1.165, 1.54) is 12.0 Å². The average molecular weight is 275 g/mol. The minimum Gasteiger partial charge on any atom is -0.343 e. The SMILES string of the molecule is CC.CC(=O)N1CCC(C)(CCc2ccccc2)CC1. The lowest BCUT2D eigenvalue weighted by Gasteiger charge is -2.39. The maximum atomic E-state index is 11.3. The molecule has 2 rings (SSSR count). The summed E-state index contributed by atoms with van der Waals surface area (Å²) >= 11 is 0. The number of likely N-dealkylation sites (tertiary alicyclic amines) is 1. The average Bonchev–Trinajstić information content (AvgIpc) is 2.49. The second-order valence-corrected chi connectivity index (χ2v) is 5.80. The van der Waals surface area contributed by atoms with Crippen LogP contribution in [0.5, 0.6) is 0 Å². The van der Waals surface area contributed by atoms with Gasteiger partial charge in [0.15, 0.2) is 0 Å². The van der Waals surface area contributed by atoms with E-state index in [1.54, 1.807) is 6.92 Å². The van der Waals surface area contributed by atoms with Crippen molar-refractivity contribution in [1.82, 2.24) is 4.90 Å². The fraction of sp³-hybridized carbons (Fsp3) is 0.611. The molecule has 0 unspecified atom stereocenters. The standard InChI is InChI=1S/C16H23NO.C2H6/c1-14(18)17-12-10-16(2,11-13-17)9-8-15-6-4-3-5-7-15;1-2/h3-7H,8-13H2,1-2H3;1-2H3. The van der Waals surface area contributed by atoms with Gasteiger partial charge in [0.05, 0.1) is 0 Å². The Hall–Kier alpha value is -1.31. The molecule has 112 valence electrons. The smallest absolute Gasteiger partial charge is 0.219 e. The molecule has 1 saturated heterocycles. The quantitative estimate of drug-likeness (QED) is 0.805. The molecule has 0 bridgehead atoms. The lowest BCUT2D eigenvalue weighted by Crippen LogP contribution is -2.41. The van der Waals surface area contributed by atoms with Crippen LogP contribution in [-0.4, -0.2) is 23.9 Å². The molecule has 0 spiro atoms. The van der Waals surface area contributed by atoms with Gasteiger partial charge in [-0.15, -0.1) is 0 Å². The summed E-state index contributed by atoms with van der Waals surface area (Å²) in [4.78, 5) is 13.3. The molecule has 1 fully saturated rings. The number of amides is 1. The zero-order chi connectivity index (χ0) is 15.0. The van der Waals surface area contributed by atoms with Crippen molar-refractivity contribution >= 4 is 5.91 Å². The minimum atomic E-state index is 0.222. The zero-order valence-corrected chi connectivity index (χ0v) is 13.5. The second-order valence-electron chi connectivity index (χ2n) is 5.80. The van der Waals surface area contributed by atoms with Crippen molar-refractivity contribution in [1.29, 1.82) is 0 Å². The number of hydrogen-bond acceptors (Lipinski definition) is 1. The van der Waals surface area contributed by atoms with Crippen molar-refractivity contribution in [3.63, 3.8) is 0 Å². The first kappa shape index (κ1) is 16.7. The Labute approximate surface area is 124 Å². The van der Waals surface area contributed by atoms with Crippen LogP contribution < -0.4 is 0 Å². The van der Waals surface area contributed by atoms with Gasteiger partial charge in [-0.1, -0.05) is 51.1 Å². The van der Waals surface area contributed by atoms with Crippen LogP contribution in [0.4, 0.5) is 0 Å². The van der Waals surface area contributed by atoms with Gasteiger partial charge >= 0.3 is 0 Å². The summed E-state index contributed by atoms with van der Waals surface area (Å²) in [6.07, 6.45) is 4.65. The highest BCUT2D eigenvalue weighted by Gasteiger charge is 2.30. The number of aryl methyl sites for hydroxylation is 1. The third-order valence-corrected chi connectivity index (χ3v) is 4.28. The van der Waals surface area contributed by atoms with E-state index < -0.39 is 0 Å². The second kappa shape index (κ2) is 8.08. The maximum absolute atomic E-state index is 11.3. The van der Waals surface area contributed by atoms with Gasteiger partial charge in [-0.05, 0) is 36.7 Å². The van der Waals surface area contributed by atoms with E-state index in [4.69, 9.17) is 0 Å². The highest BCUT2D eigenvalue weighted by Crippen LogP contribution is 2.35. The molecule has 2 nitrogen and oxygen atoms in total. The number of nitrogens with zero attached hydrogens (tertiary/aromatic N) is 1. The van der Waals surface area contributed by atoms with Gasteiger partial charge in [0.25, 0.3) is 0 Å². The summed E-state index contributed by atoms with van der Waals surface area (Å²) in [6, 6.07) is 10.7. The third kappa shape index (κ3) is 4.99. The molecule has 1 heterocycles. The number of piperidine rings is 1. The summed E-state index contributed by atoms with van der Waals surface area (Å²) < 4.78 is 0. The molecular weight excluding hydrogens is 246 g/mol. The number of hydrogen-bond donors (Lipinski definition) is 0. The van der Waals surface area contributed by atoms with Gasteiger partial charge in [-0.2, -0.15) is 0 Å². The van der Waals surface area contributed by atoms with Crippen molar-refractivity contribution in [2.24, 2.45) is 5.41 Å². The van der Waals surface area contributed by atoms with Gasteiger partial charge < -0.3 is 4.90 Å². The van der Waals surface area contributed by atoms with Gasteiger partial charge in [-0.25, -0.2) is 0 Å². The maximum Gasteiger partial charge on any atom is 0.219 e. The third-order valence-electron chi connectivity index (χ3n) is 4.28. The predicted molar refractivity (Wildman–Crippen MR) is 85.7 cm³/mol. The van der Waals surface area contributed by atoms with Crippen molar-refractivity contribution in [2.75, 3.05) is 13.1 Å². The summed E-state index contributed by atoms with van der Waals surface area (Å²) in [5.41, 5.74) is 1.83. The molecule has 0 radical (unpaired) electrons. The zero-order valence-electron chi connectivity index (χ0n) is 13.5. The van der Waals surface area contributed by atoms with Crippen LogP contribution in [0.15, 0.2) is 30.3 Å². The molecule has 0 aromatic heterocycles. The largest absolute Gasteiger partial charge is 0.343 e. The molecule has 0 N–H and O–H groups in total. The summed E-state index contributed by atoms with van der Waals surface area (Å²) in [5.74, 6) is 0.222. The van der Waals surface area contributed by atoms with Crippen molar-refractivity contribution in [2.45, 2.75) is 53.4 Å². The number of rotatable bonds is 3. The van der Waals surface area contributed by atoms with E-state index >= 15 is 0 Å². The molecule has 0 atom stereocenters. The van der Waals surface area contributed by atoms with Crippen LogP contribution in [0.1, 0.15) is 52.5 Å². The molecule has 1 aliphatic heterocycles. The lowest BCUT2D eigenvalue weighted by molar-refractivity contribution is -0.131. The topological polar surface area (TPSA) is 20.3 Å². The lowest BCUT2D eigenvalue weighted by atomic mass is 9.76. The monoisotopic (exact) mass is 275 g/mol. The van der Waals surface area contributed by atoms with Crippen LogP contribution in [0.2, 0.25) is 0 Å². The van der Waals surface area contributed by atoms with Crippen molar-refractivity contribution in [3.8, 4) is 0 Å². The first-order valence-corrected chi connectivity index (χ1v) is 7.89. The molecule has 0 saturated carbocycles. The van der Waals surface area contributed by atoms with Gasteiger partial charge in [-0.3, -0.25) is 4.79 Å². The molecular formula is C18H29NO. The molecule has 1 aromatic carbocycles. The molecule has 1 aliphatic rings. The Morgan fingerprint density at radius 1 is 1.15 bits per heavy atom.